The van der Waals surface area contributed by atoms with Crippen LogP contribution in [0, 0.1) is 0 Å². The summed E-state index contributed by atoms with van der Waals surface area (Å²) in [5.41, 5.74) is 0.745. The van der Waals surface area contributed by atoms with Gasteiger partial charge in [-0.05, 0) is 25.0 Å². The third kappa shape index (κ3) is 14.6. The first-order valence-electron chi connectivity index (χ1n) is 12.7. The van der Waals surface area contributed by atoms with Crippen LogP contribution >= 0.6 is 0 Å². The van der Waals surface area contributed by atoms with Crippen LogP contribution in [0.15, 0.2) is 30.3 Å². The number of amides is 1. The van der Waals surface area contributed by atoms with E-state index in [1.165, 1.54) is 96.4 Å². The molecule has 1 aromatic carbocycles. The van der Waals surface area contributed by atoms with Gasteiger partial charge in [-0.1, -0.05) is 102 Å². The molecule has 0 spiro atoms. The maximum absolute atomic E-state index is 12.1. The molecule has 0 aliphatic rings. The summed E-state index contributed by atoms with van der Waals surface area (Å²) in [5, 5.41) is 3.05. The number of carbonyl (C=O) groups is 1. The van der Waals surface area contributed by atoms with Crippen LogP contribution in [0.25, 0.3) is 0 Å². The van der Waals surface area contributed by atoms with Crippen molar-refractivity contribution in [3.63, 3.8) is 0 Å². The van der Waals surface area contributed by atoms with Crippen LogP contribution in [-0.2, 0) is 0 Å². The highest BCUT2D eigenvalue weighted by Crippen LogP contribution is 2.13. The van der Waals surface area contributed by atoms with Gasteiger partial charge in [-0.3, -0.25) is 4.79 Å². The van der Waals surface area contributed by atoms with Gasteiger partial charge in [0.1, 0.15) is 0 Å². The van der Waals surface area contributed by atoms with Crippen molar-refractivity contribution in [1.29, 1.82) is 0 Å². The summed E-state index contributed by atoms with van der Waals surface area (Å²) in [6.07, 6.45) is 19.7. The highest BCUT2D eigenvalue weighted by Gasteiger charge is 2.15. The van der Waals surface area contributed by atoms with Crippen molar-refractivity contribution in [3.05, 3.63) is 35.9 Å². The lowest BCUT2D eigenvalue weighted by atomic mass is 10.0. The topological polar surface area (TPSA) is 29.1 Å². The minimum Gasteiger partial charge on any atom is -0.346 e. The van der Waals surface area contributed by atoms with Gasteiger partial charge in [0.25, 0.3) is 5.91 Å². The van der Waals surface area contributed by atoms with E-state index in [0.717, 1.165) is 23.1 Å². The fourth-order valence-electron chi connectivity index (χ4n) is 4.01. The smallest absolute Gasteiger partial charge is 0.251 e. The van der Waals surface area contributed by atoms with Crippen molar-refractivity contribution in [1.82, 2.24) is 5.32 Å². The van der Waals surface area contributed by atoms with Gasteiger partial charge in [0, 0.05) is 5.56 Å². The van der Waals surface area contributed by atoms with E-state index in [1.807, 2.05) is 30.3 Å². The molecule has 0 aliphatic carbocycles. The molecule has 0 saturated heterocycles. The zero-order valence-corrected chi connectivity index (χ0v) is 20.3. The van der Waals surface area contributed by atoms with Gasteiger partial charge in [-0.2, -0.15) is 0 Å². The van der Waals surface area contributed by atoms with E-state index >= 15 is 0 Å². The Morgan fingerprint density at radius 2 is 1.17 bits per heavy atom. The summed E-state index contributed by atoms with van der Waals surface area (Å²) in [5.74, 6) is 0.0343. The first-order chi connectivity index (χ1) is 14.5. The molecule has 0 atom stereocenters. The fourth-order valence-corrected chi connectivity index (χ4v) is 4.01. The SMILES string of the molecule is CCCCCCCCCCCCCCCC[N+](C)(C)CCNC(=O)c1ccccc1. The van der Waals surface area contributed by atoms with Crippen molar-refractivity contribution in [2.24, 2.45) is 0 Å². The predicted molar refractivity (Wildman–Crippen MR) is 131 cm³/mol. The third-order valence-electron chi connectivity index (χ3n) is 6.16. The Balaban J connectivity index is 1.91. The van der Waals surface area contributed by atoms with Crippen LogP contribution in [0.4, 0.5) is 0 Å². The quantitative estimate of drug-likeness (QED) is 0.191. The van der Waals surface area contributed by atoms with Gasteiger partial charge < -0.3 is 9.80 Å². The molecule has 0 radical (unpaired) electrons. The van der Waals surface area contributed by atoms with Crippen LogP contribution in [0.1, 0.15) is 107 Å². The fraction of sp³-hybridized carbons (Fsp3) is 0.741. The minimum absolute atomic E-state index is 0.0343. The van der Waals surface area contributed by atoms with Crippen molar-refractivity contribution in [2.45, 2.75) is 96.8 Å². The lowest BCUT2D eigenvalue weighted by Gasteiger charge is -2.30. The molecule has 172 valence electrons. The Kier molecular flexibility index (Phi) is 15.4. The Morgan fingerprint density at radius 3 is 1.67 bits per heavy atom. The molecule has 1 N–H and O–H groups in total. The Morgan fingerprint density at radius 1 is 0.700 bits per heavy atom. The number of hydrogen-bond acceptors (Lipinski definition) is 1. The molecule has 3 nitrogen and oxygen atoms in total. The van der Waals surface area contributed by atoms with E-state index in [2.05, 4.69) is 26.3 Å². The molecule has 1 rings (SSSR count). The second-order valence-corrected chi connectivity index (χ2v) is 9.60. The number of carbonyl (C=O) groups excluding carboxylic acids is 1. The van der Waals surface area contributed by atoms with Crippen molar-refractivity contribution < 1.29 is 9.28 Å². The molecule has 1 amide bonds. The summed E-state index contributed by atoms with van der Waals surface area (Å²) >= 11 is 0. The number of nitrogens with one attached hydrogen (secondary N) is 1. The normalized spacial score (nSPS) is 11.6. The Labute approximate surface area is 187 Å². The number of quaternary nitrogens is 1. The second-order valence-electron chi connectivity index (χ2n) is 9.60. The minimum atomic E-state index is 0.0343. The lowest BCUT2D eigenvalue weighted by molar-refractivity contribution is -0.889. The van der Waals surface area contributed by atoms with Crippen LogP contribution in [0.5, 0.6) is 0 Å². The number of rotatable bonds is 19. The zero-order valence-electron chi connectivity index (χ0n) is 20.3. The highest BCUT2D eigenvalue weighted by atomic mass is 16.1. The van der Waals surface area contributed by atoms with E-state index in [1.54, 1.807) is 0 Å². The summed E-state index contributed by atoms with van der Waals surface area (Å²) < 4.78 is 0.979. The molecule has 0 bridgehead atoms. The van der Waals surface area contributed by atoms with Crippen molar-refractivity contribution in [3.8, 4) is 0 Å². The van der Waals surface area contributed by atoms with E-state index in [9.17, 15) is 4.79 Å². The molecule has 0 aliphatic heterocycles. The van der Waals surface area contributed by atoms with Crippen LogP contribution in [0.2, 0.25) is 0 Å². The summed E-state index contributed by atoms with van der Waals surface area (Å²) in [4.78, 5) is 12.1. The molecular weight excluding hydrogens is 368 g/mol. The highest BCUT2D eigenvalue weighted by molar-refractivity contribution is 5.94. The molecule has 0 saturated carbocycles. The van der Waals surface area contributed by atoms with Gasteiger partial charge in [0.05, 0.1) is 33.7 Å². The van der Waals surface area contributed by atoms with Gasteiger partial charge in [-0.25, -0.2) is 0 Å². The number of benzene rings is 1. The van der Waals surface area contributed by atoms with Crippen molar-refractivity contribution in [2.75, 3.05) is 33.7 Å². The number of hydrogen-bond donors (Lipinski definition) is 1. The number of unbranched alkanes of at least 4 members (excludes halogenated alkanes) is 13. The molecule has 30 heavy (non-hydrogen) atoms. The predicted octanol–water partition coefficient (Wildman–Crippen LogP) is 6.97. The standard InChI is InChI=1S/C27H48N2O/c1-4-5-6-7-8-9-10-11-12-13-14-15-16-20-24-29(2,3)25-23-28-27(30)26-21-18-17-19-22-26/h17-19,21-22H,4-16,20,23-25H2,1-3H3/p+1. The van der Waals surface area contributed by atoms with Gasteiger partial charge in [-0.15, -0.1) is 0 Å². The Hall–Kier alpha value is -1.35. The van der Waals surface area contributed by atoms with Gasteiger partial charge in [0.2, 0.25) is 0 Å². The van der Waals surface area contributed by atoms with E-state index < -0.39 is 0 Å². The number of nitrogens with zero attached hydrogens (tertiary/aromatic N) is 1. The summed E-state index contributed by atoms with van der Waals surface area (Å²) in [6, 6.07) is 9.48. The summed E-state index contributed by atoms with van der Waals surface area (Å²) in [7, 11) is 4.55. The van der Waals surface area contributed by atoms with Crippen LogP contribution in [0.3, 0.4) is 0 Å². The molecule has 0 unspecified atom stereocenters. The van der Waals surface area contributed by atoms with E-state index in [0.29, 0.717) is 0 Å². The average molecular weight is 418 g/mol. The van der Waals surface area contributed by atoms with Crippen molar-refractivity contribution >= 4 is 5.91 Å². The second kappa shape index (κ2) is 17.3. The van der Waals surface area contributed by atoms with Gasteiger partial charge in [0.15, 0.2) is 0 Å². The van der Waals surface area contributed by atoms with E-state index in [4.69, 9.17) is 0 Å². The first-order valence-corrected chi connectivity index (χ1v) is 12.7. The maximum atomic E-state index is 12.1. The number of likely N-dealkylation sites (N-methyl/N-ethyl adjacent to an activating group) is 1. The van der Waals surface area contributed by atoms with Crippen LogP contribution in [-0.4, -0.2) is 44.1 Å². The maximum Gasteiger partial charge on any atom is 0.251 e. The van der Waals surface area contributed by atoms with E-state index in [-0.39, 0.29) is 5.91 Å². The molecule has 3 heteroatoms. The molecule has 0 fully saturated rings. The van der Waals surface area contributed by atoms with Crippen LogP contribution < -0.4 is 5.32 Å². The molecule has 1 aromatic rings. The zero-order chi connectivity index (χ0) is 21.9. The molecule has 0 heterocycles. The molecule has 0 aromatic heterocycles. The molecular formula is C27H49N2O+. The van der Waals surface area contributed by atoms with Gasteiger partial charge >= 0.3 is 0 Å². The first kappa shape index (κ1) is 26.7. The lowest BCUT2D eigenvalue weighted by Crippen LogP contribution is -2.45. The monoisotopic (exact) mass is 417 g/mol. The third-order valence-corrected chi connectivity index (χ3v) is 6.16. The summed E-state index contributed by atoms with van der Waals surface area (Å²) in [6.45, 7) is 5.20. The largest absolute Gasteiger partial charge is 0.346 e. The average Bonchev–Trinajstić information content (AvgIpc) is 2.74. The Bertz CT molecular complexity index is 527.